The summed E-state index contributed by atoms with van der Waals surface area (Å²) in [6.45, 7) is 10.5. The molecule has 0 amide bonds. The lowest BCUT2D eigenvalue weighted by atomic mass is 10.2. The minimum atomic E-state index is 0.537. The van der Waals surface area contributed by atoms with Crippen LogP contribution in [0.3, 0.4) is 0 Å². The molecule has 1 aliphatic rings. The molecule has 2 rings (SSSR count). The monoisotopic (exact) mass is 336 g/mol. The Morgan fingerprint density at radius 1 is 1.42 bits per heavy atom. The summed E-state index contributed by atoms with van der Waals surface area (Å²) in [5, 5.41) is 6.71. The SMILES string of the molecule is CCNC(=NCC1CCCN1CC)NCCCOCc1ccco1. The molecule has 1 aromatic rings. The maximum absolute atomic E-state index is 5.59. The van der Waals surface area contributed by atoms with Crippen molar-refractivity contribution in [2.24, 2.45) is 4.99 Å². The number of furan rings is 1. The van der Waals surface area contributed by atoms with Crippen molar-refractivity contribution in [2.45, 2.75) is 45.8 Å². The first-order chi connectivity index (χ1) is 11.8. The molecule has 0 spiro atoms. The Hall–Kier alpha value is -1.53. The zero-order chi connectivity index (χ0) is 17.0. The van der Waals surface area contributed by atoms with E-state index >= 15 is 0 Å². The van der Waals surface area contributed by atoms with Crippen LogP contribution in [0.1, 0.15) is 38.9 Å². The summed E-state index contributed by atoms with van der Waals surface area (Å²) in [7, 11) is 0. The van der Waals surface area contributed by atoms with Gasteiger partial charge < -0.3 is 19.8 Å². The summed E-state index contributed by atoms with van der Waals surface area (Å²) in [4.78, 5) is 7.27. The van der Waals surface area contributed by atoms with Crippen molar-refractivity contribution < 1.29 is 9.15 Å². The Balaban J connectivity index is 1.62. The Morgan fingerprint density at radius 3 is 3.08 bits per heavy atom. The van der Waals surface area contributed by atoms with Gasteiger partial charge in [0.1, 0.15) is 12.4 Å². The van der Waals surface area contributed by atoms with Crippen molar-refractivity contribution >= 4 is 5.96 Å². The predicted molar refractivity (Wildman–Crippen MR) is 97.2 cm³/mol. The molecule has 6 heteroatoms. The fraction of sp³-hybridized carbons (Fsp3) is 0.722. The van der Waals surface area contributed by atoms with Gasteiger partial charge in [0, 0.05) is 25.7 Å². The highest BCUT2D eigenvalue weighted by molar-refractivity contribution is 5.79. The number of likely N-dealkylation sites (N-methyl/N-ethyl adjacent to an activating group) is 1. The Morgan fingerprint density at radius 2 is 2.33 bits per heavy atom. The number of guanidine groups is 1. The first-order valence-corrected chi connectivity index (χ1v) is 9.19. The second-order valence-electron chi connectivity index (χ2n) is 6.06. The van der Waals surface area contributed by atoms with Gasteiger partial charge in [-0.1, -0.05) is 6.92 Å². The van der Waals surface area contributed by atoms with Crippen molar-refractivity contribution in [3.05, 3.63) is 24.2 Å². The van der Waals surface area contributed by atoms with Crippen molar-refractivity contribution in [1.29, 1.82) is 0 Å². The van der Waals surface area contributed by atoms with Gasteiger partial charge in [-0.2, -0.15) is 0 Å². The van der Waals surface area contributed by atoms with Crippen LogP contribution in [0.15, 0.2) is 27.8 Å². The summed E-state index contributed by atoms with van der Waals surface area (Å²) >= 11 is 0. The van der Waals surface area contributed by atoms with Gasteiger partial charge in [0.15, 0.2) is 5.96 Å². The molecule has 1 aromatic heterocycles. The van der Waals surface area contributed by atoms with Gasteiger partial charge in [0.05, 0.1) is 12.8 Å². The minimum absolute atomic E-state index is 0.537. The highest BCUT2D eigenvalue weighted by Gasteiger charge is 2.22. The number of rotatable bonds is 10. The molecule has 24 heavy (non-hydrogen) atoms. The van der Waals surface area contributed by atoms with Crippen LogP contribution < -0.4 is 10.6 Å². The lowest BCUT2D eigenvalue weighted by molar-refractivity contribution is 0.105. The fourth-order valence-electron chi connectivity index (χ4n) is 3.01. The van der Waals surface area contributed by atoms with E-state index in [-0.39, 0.29) is 0 Å². The van der Waals surface area contributed by atoms with E-state index in [4.69, 9.17) is 14.1 Å². The first kappa shape index (κ1) is 18.8. The topological polar surface area (TPSA) is 62.0 Å². The second kappa shape index (κ2) is 11.1. The molecule has 2 N–H and O–H groups in total. The lowest BCUT2D eigenvalue weighted by Gasteiger charge is -2.21. The maximum Gasteiger partial charge on any atom is 0.191 e. The smallest absolute Gasteiger partial charge is 0.191 e. The normalized spacial score (nSPS) is 18.9. The van der Waals surface area contributed by atoms with E-state index in [2.05, 4.69) is 29.4 Å². The highest BCUT2D eigenvalue weighted by atomic mass is 16.5. The molecule has 0 saturated carbocycles. The van der Waals surface area contributed by atoms with Gasteiger partial charge in [0.25, 0.3) is 0 Å². The zero-order valence-electron chi connectivity index (χ0n) is 15.1. The Kier molecular flexibility index (Phi) is 8.70. The molecule has 0 aromatic carbocycles. The van der Waals surface area contributed by atoms with Crippen LogP contribution in [0.2, 0.25) is 0 Å². The molecule has 6 nitrogen and oxygen atoms in total. The van der Waals surface area contributed by atoms with E-state index in [0.29, 0.717) is 19.3 Å². The lowest BCUT2D eigenvalue weighted by Crippen LogP contribution is -2.39. The highest BCUT2D eigenvalue weighted by Crippen LogP contribution is 2.16. The summed E-state index contributed by atoms with van der Waals surface area (Å²) in [5.41, 5.74) is 0. The standard InChI is InChI=1S/C18H32N4O2/c1-3-19-18(21-14-16-8-5-11-22(16)4-2)20-10-7-12-23-15-17-9-6-13-24-17/h6,9,13,16H,3-5,7-8,10-12,14-15H2,1-2H3,(H2,19,20,21). The minimum Gasteiger partial charge on any atom is -0.467 e. The molecule has 1 unspecified atom stereocenters. The summed E-state index contributed by atoms with van der Waals surface area (Å²) in [5.74, 6) is 1.78. The van der Waals surface area contributed by atoms with E-state index in [1.54, 1.807) is 6.26 Å². The number of aliphatic imine (C=N–C) groups is 1. The van der Waals surface area contributed by atoms with E-state index < -0.39 is 0 Å². The van der Waals surface area contributed by atoms with Gasteiger partial charge in [-0.3, -0.25) is 9.89 Å². The van der Waals surface area contributed by atoms with Crippen LogP contribution in [-0.2, 0) is 11.3 Å². The summed E-state index contributed by atoms with van der Waals surface area (Å²) in [6, 6.07) is 4.40. The molecule has 1 atom stereocenters. The number of nitrogens with one attached hydrogen (secondary N) is 2. The van der Waals surface area contributed by atoms with Gasteiger partial charge >= 0.3 is 0 Å². The van der Waals surface area contributed by atoms with Crippen LogP contribution in [0.25, 0.3) is 0 Å². The van der Waals surface area contributed by atoms with E-state index in [1.165, 1.54) is 19.4 Å². The number of nitrogens with zero attached hydrogens (tertiary/aromatic N) is 2. The third kappa shape index (κ3) is 6.53. The second-order valence-corrected chi connectivity index (χ2v) is 6.06. The molecule has 136 valence electrons. The first-order valence-electron chi connectivity index (χ1n) is 9.19. The average molecular weight is 336 g/mol. The molecule has 0 radical (unpaired) electrons. The van der Waals surface area contributed by atoms with Crippen molar-refractivity contribution in [2.75, 3.05) is 39.3 Å². The van der Waals surface area contributed by atoms with Gasteiger partial charge in [-0.15, -0.1) is 0 Å². The number of likely N-dealkylation sites (tertiary alicyclic amines) is 1. The number of hydrogen-bond acceptors (Lipinski definition) is 4. The maximum atomic E-state index is 5.59. The Labute approximate surface area is 145 Å². The number of hydrogen-bond donors (Lipinski definition) is 2. The van der Waals surface area contributed by atoms with Crippen molar-refractivity contribution in [3.63, 3.8) is 0 Å². The van der Waals surface area contributed by atoms with Crippen molar-refractivity contribution in [3.8, 4) is 0 Å². The van der Waals surface area contributed by atoms with Gasteiger partial charge in [-0.25, -0.2) is 0 Å². The fourth-order valence-corrected chi connectivity index (χ4v) is 3.01. The third-order valence-electron chi connectivity index (χ3n) is 4.29. The molecule has 0 aliphatic carbocycles. The number of ether oxygens (including phenoxy) is 1. The average Bonchev–Trinajstić information content (AvgIpc) is 3.26. The predicted octanol–water partition coefficient (Wildman–Crippen LogP) is 2.23. The third-order valence-corrected chi connectivity index (χ3v) is 4.29. The van der Waals surface area contributed by atoms with Crippen LogP contribution in [-0.4, -0.2) is 56.2 Å². The van der Waals surface area contributed by atoms with Gasteiger partial charge in [-0.05, 0) is 51.4 Å². The van der Waals surface area contributed by atoms with Crippen LogP contribution in [0.4, 0.5) is 0 Å². The Bertz CT molecular complexity index is 462. The van der Waals surface area contributed by atoms with E-state index in [0.717, 1.165) is 44.3 Å². The quantitative estimate of drug-likeness (QED) is 0.390. The van der Waals surface area contributed by atoms with E-state index in [9.17, 15) is 0 Å². The molecular formula is C18H32N4O2. The molecule has 1 saturated heterocycles. The summed E-state index contributed by atoms with van der Waals surface area (Å²) in [6.07, 6.45) is 5.17. The van der Waals surface area contributed by atoms with Crippen LogP contribution >= 0.6 is 0 Å². The van der Waals surface area contributed by atoms with Crippen molar-refractivity contribution in [1.82, 2.24) is 15.5 Å². The van der Waals surface area contributed by atoms with E-state index in [1.807, 2.05) is 12.1 Å². The summed E-state index contributed by atoms with van der Waals surface area (Å²) < 4.78 is 10.8. The molecule has 2 heterocycles. The molecule has 0 bridgehead atoms. The van der Waals surface area contributed by atoms with Crippen LogP contribution in [0, 0.1) is 0 Å². The molecule has 1 aliphatic heterocycles. The van der Waals surface area contributed by atoms with Crippen LogP contribution in [0.5, 0.6) is 0 Å². The molecule has 1 fully saturated rings. The molecular weight excluding hydrogens is 304 g/mol. The largest absolute Gasteiger partial charge is 0.467 e. The zero-order valence-corrected chi connectivity index (χ0v) is 15.1. The van der Waals surface area contributed by atoms with Gasteiger partial charge in [0.2, 0.25) is 0 Å².